The maximum absolute atomic E-state index is 13.4. The maximum atomic E-state index is 13.4. The second-order valence-electron chi connectivity index (χ2n) is 5.19. The summed E-state index contributed by atoms with van der Waals surface area (Å²) in [5.74, 6) is 0.159. The molecule has 0 aliphatic heterocycles. The Kier molecular flexibility index (Phi) is 3.65. The van der Waals surface area contributed by atoms with Crippen molar-refractivity contribution in [2.75, 3.05) is 17.6 Å². The molecule has 1 aliphatic carbocycles. The van der Waals surface area contributed by atoms with Crippen molar-refractivity contribution in [1.29, 1.82) is 0 Å². The Balaban J connectivity index is 1.96. The standard InChI is InChI=1S/C12H19FN4O/c1-8-2-4-12(18,5-3-8)7-16-10-9(13)6-15-11(14)17-10/h6,8,18H,2-5,7H2,1H3,(H3,14,15,16,17). The molecule has 2 rings (SSSR count). The predicted molar refractivity (Wildman–Crippen MR) is 67.5 cm³/mol. The minimum atomic E-state index is -0.779. The van der Waals surface area contributed by atoms with E-state index in [-0.39, 0.29) is 18.3 Å². The van der Waals surface area contributed by atoms with Gasteiger partial charge in [-0.25, -0.2) is 9.37 Å². The molecule has 0 radical (unpaired) electrons. The van der Waals surface area contributed by atoms with Gasteiger partial charge in [-0.3, -0.25) is 0 Å². The van der Waals surface area contributed by atoms with Gasteiger partial charge in [-0.15, -0.1) is 0 Å². The molecule has 0 unspecified atom stereocenters. The van der Waals surface area contributed by atoms with Crippen LogP contribution in [0.2, 0.25) is 0 Å². The predicted octanol–water partition coefficient (Wildman–Crippen LogP) is 1.55. The molecule has 0 spiro atoms. The molecule has 1 aliphatic rings. The first-order chi connectivity index (χ1) is 8.48. The summed E-state index contributed by atoms with van der Waals surface area (Å²) in [4.78, 5) is 7.32. The lowest BCUT2D eigenvalue weighted by atomic mass is 9.79. The second-order valence-corrected chi connectivity index (χ2v) is 5.19. The third-order valence-electron chi connectivity index (χ3n) is 3.55. The van der Waals surface area contributed by atoms with Gasteiger partial charge in [0.2, 0.25) is 5.95 Å². The number of rotatable bonds is 3. The lowest BCUT2D eigenvalue weighted by Crippen LogP contribution is -2.40. The van der Waals surface area contributed by atoms with Crippen LogP contribution >= 0.6 is 0 Å². The molecule has 6 heteroatoms. The average Bonchev–Trinajstić information content (AvgIpc) is 2.35. The summed E-state index contributed by atoms with van der Waals surface area (Å²) in [6, 6.07) is 0. The maximum Gasteiger partial charge on any atom is 0.222 e. The summed E-state index contributed by atoms with van der Waals surface area (Å²) in [6.07, 6.45) is 4.46. The highest BCUT2D eigenvalue weighted by atomic mass is 19.1. The molecule has 0 bridgehead atoms. The van der Waals surface area contributed by atoms with Gasteiger partial charge in [0.15, 0.2) is 11.6 Å². The van der Waals surface area contributed by atoms with Crippen LogP contribution in [0.1, 0.15) is 32.6 Å². The number of anilines is 2. The highest BCUT2D eigenvalue weighted by molar-refractivity contribution is 5.39. The first-order valence-electron chi connectivity index (χ1n) is 6.23. The molecule has 5 nitrogen and oxygen atoms in total. The van der Waals surface area contributed by atoms with Crippen molar-refractivity contribution in [3.05, 3.63) is 12.0 Å². The average molecular weight is 254 g/mol. The van der Waals surface area contributed by atoms with Crippen molar-refractivity contribution in [3.63, 3.8) is 0 Å². The molecule has 0 saturated heterocycles. The molecule has 1 heterocycles. The van der Waals surface area contributed by atoms with Gasteiger partial charge in [-0.1, -0.05) is 6.92 Å². The van der Waals surface area contributed by atoms with Crippen LogP contribution in [0.15, 0.2) is 6.20 Å². The van der Waals surface area contributed by atoms with Gasteiger partial charge in [0.05, 0.1) is 11.8 Å². The minimum absolute atomic E-state index is 0.0168. The molecule has 18 heavy (non-hydrogen) atoms. The van der Waals surface area contributed by atoms with E-state index in [0.717, 1.165) is 31.9 Å². The van der Waals surface area contributed by atoms with Crippen molar-refractivity contribution in [1.82, 2.24) is 9.97 Å². The summed E-state index contributed by atoms with van der Waals surface area (Å²) in [5.41, 5.74) is 4.62. The minimum Gasteiger partial charge on any atom is -0.388 e. The van der Waals surface area contributed by atoms with Crippen molar-refractivity contribution in [2.45, 2.75) is 38.2 Å². The number of halogens is 1. The van der Waals surface area contributed by atoms with Crippen molar-refractivity contribution < 1.29 is 9.50 Å². The number of nitrogens with two attached hydrogens (primary N) is 1. The van der Waals surface area contributed by atoms with Gasteiger partial charge in [0, 0.05) is 6.54 Å². The molecule has 1 fully saturated rings. The molecule has 1 aromatic heterocycles. The fourth-order valence-corrected chi connectivity index (χ4v) is 2.23. The van der Waals surface area contributed by atoms with E-state index in [1.54, 1.807) is 0 Å². The van der Waals surface area contributed by atoms with Crippen LogP contribution in [0.5, 0.6) is 0 Å². The van der Waals surface area contributed by atoms with Crippen molar-refractivity contribution in [3.8, 4) is 0 Å². The fourth-order valence-electron chi connectivity index (χ4n) is 2.23. The van der Waals surface area contributed by atoms with E-state index in [1.807, 2.05) is 0 Å². The van der Waals surface area contributed by atoms with Gasteiger partial charge in [-0.2, -0.15) is 4.98 Å². The van der Waals surface area contributed by atoms with Crippen molar-refractivity contribution >= 4 is 11.8 Å². The third kappa shape index (κ3) is 3.07. The van der Waals surface area contributed by atoms with E-state index in [4.69, 9.17) is 5.73 Å². The van der Waals surface area contributed by atoms with Gasteiger partial charge in [0.25, 0.3) is 0 Å². The number of nitrogens with zero attached hydrogens (tertiary/aromatic N) is 2. The van der Waals surface area contributed by atoms with Crippen LogP contribution < -0.4 is 11.1 Å². The molecule has 0 atom stereocenters. The lowest BCUT2D eigenvalue weighted by Gasteiger charge is -2.35. The number of nitrogen functional groups attached to an aromatic ring is 1. The largest absolute Gasteiger partial charge is 0.388 e. The SMILES string of the molecule is CC1CCC(O)(CNc2nc(N)ncc2F)CC1. The molecule has 4 N–H and O–H groups in total. The summed E-state index contributed by atoms with van der Waals surface area (Å²) in [7, 11) is 0. The zero-order chi connectivity index (χ0) is 13.2. The lowest BCUT2D eigenvalue weighted by molar-refractivity contribution is 0.00490. The van der Waals surface area contributed by atoms with Gasteiger partial charge in [0.1, 0.15) is 0 Å². The number of aromatic nitrogens is 2. The normalized spacial score (nSPS) is 28.1. The third-order valence-corrected chi connectivity index (χ3v) is 3.55. The quantitative estimate of drug-likeness (QED) is 0.762. The Morgan fingerprint density at radius 3 is 2.89 bits per heavy atom. The van der Waals surface area contributed by atoms with Crippen molar-refractivity contribution in [2.24, 2.45) is 5.92 Å². The summed E-state index contributed by atoms with van der Waals surface area (Å²) in [6.45, 7) is 2.46. The Labute approximate surface area is 106 Å². The van der Waals surface area contributed by atoms with E-state index in [1.165, 1.54) is 0 Å². The Bertz CT molecular complexity index is 419. The van der Waals surface area contributed by atoms with E-state index >= 15 is 0 Å². The molecule has 100 valence electrons. The molecule has 1 aromatic rings. The number of aliphatic hydroxyl groups is 1. The van der Waals surface area contributed by atoms with Crippen LogP contribution in [0.3, 0.4) is 0 Å². The van der Waals surface area contributed by atoms with Gasteiger partial charge < -0.3 is 16.2 Å². The van der Waals surface area contributed by atoms with Crippen LogP contribution in [0, 0.1) is 11.7 Å². The number of hydrogen-bond donors (Lipinski definition) is 3. The van der Waals surface area contributed by atoms with Crippen LogP contribution in [0.25, 0.3) is 0 Å². The first kappa shape index (κ1) is 13.0. The van der Waals surface area contributed by atoms with E-state index < -0.39 is 11.4 Å². The van der Waals surface area contributed by atoms with Crippen LogP contribution in [-0.4, -0.2) is 27.2 Å². The summed E-state index contributed by atoms with van der Waals surface area (Å²) >= 11 is 0. The van der Waals surface area contributed by atoms with E-state index in [9.17, 15) is 9.50 Å². The molecular formula is C12H19FN4O. The Morgan fingerprint density at radius 1 is 1.56 bits per heavy atom. The molecule has 1 saturated carbocycles. The molecule has 0 aromatic carbocycles. The van der Waals surface area contributed by atoms with Gasteiger partial charge in [-0.05, 0) is 31.6 Å². The zero-order valence-corrected chi connectivity index (χ0v) is 10.5. The summed E-state index contributed by atoms with van der Waals surface area (Å²) < 4.78 is 13.4. The number of hydrogen-bond acceptors (Lipinski definition) is 5. The molecule has 0 amide bonds. The first-order valence-corrected chi connectivity index (χ1v) is 6.23. The monoisotopic (exact) mass is 254 g/mol. The second kappa shape index (κ2) is 5.06. The Hall–Kier alpha value is -1.43. The topological polar surface area (TPSA) is 84.1 Å². The van der Waals surface area contributed by atoms with Gasteiger partial charge >= 0.3 is 0 Å². The van der Waals surface area contributed by atoms with Crippen LogP contribution in [0.4, 0.5) is 16.2 Å². The Morgan fingerprint density at radius 2 is 2.22 bits per heavy atom. The fraction of sp³-hybridized carbons (Fsp3) is 0.667. The van der Waals surface area contributed by atoms with E-state index in [0.29, 0.717) is 5.92 Å². The smallest absolute Gasteiger partial charge is 0.222 e. The number of nitrogens with one attached hydrogen (secondary N) is 1. The highest BCUT2D eigenvalue weighted by Gasteiger charge is 2.31. The molecular weight excluding hydrogens is 235 g/mol. The van der Waals surface area contributed by atoms with E-state index in [2.05, 4.69) is 22.2 Å². The zero-order valence-electron chi connectivity index (χ0n) is 10.5. The summed E-state index contributed by atoms with van der Waals surface area (Å²) in [5, 5.41) is 13.2. The van der Waals surface area contributed by atoms with Crippen LogP contribution in [-0.2, 0) is 0 Å². The highest BCUT2D eigenvalue weighted by Crippen LogP contribution is 2.31.